The highest BCUT2D eigenvalue weighted by Crippen LogP contribution is 2.28. The summed E-state index contributed by atoms with van der Waals surface area (Å²) in [5.41, 5.74) is 2.14. The highest BCUT2D eigenvalue weighted by Gasteiger charge is 2.27. The predicted molar refractivity (Wildman–Crippen MR) is 90.3 cm³/mol. The molecule has 0 aliphatic heterocycles. The summed E-state index contributed by atoms with van der Waals surface area (Å²) >= 11 is 6.22. The topological polar surface area (TPSA) is 49.3 Å². The molecule has 0 fully saturated rings. The number of halogens is 1. The number of aliphatic carboxylic acids is 1. The smallest absolute Gasteiger partial charge is 0.309 e. The predicted octanol–water partition coefficient (Wildman–Crippen LogP) is 4.61. The maximum Gasteiger partial charge on any atom is 0.309 e. The lowest BCUT2D eigenvalue weighted by Crippen LogP contribution is -2.26. The Hall–Kier alpha value is -2.00. The van der Waals surface area contributed by atoms with E-state index in [1.807, 2.05) is 48.5 Å². The average molecular weight is 318 g/mol. The molecule has 0 atom stereocenters. The maximum atomic E-state index is 11.2. The fourth-order valence-electron chi connectivity index (χ4n) is 2.20. The lowest BCUT2D eigenvalue weighted by molar-refractivity contribution is -0.146. The first-order chi connectivity index (χ1) is 10.4. The van der Waals surface area contributed by atoms with E-state index in [2.05, 4.69) is 5.32 Å². The monoisotopic (exact) mass is 317 g/mol. The van der Waals surface area contributed by atoms with Gasteiger partial charge in [0.15, 0.2) is 0 Å². The minimum absolute atomic E-state index is 0.458. The second-order valence-corrected chi connectivity index (χ2v) is 6.43. The molecule has 0 aliphatic rings. The molecule has 2 N–H and O–H groups in total. The van der Waals surface area contributed by atoms with Gasteiger partial charge in [0.25, 0.3) is 0 Å². The van der Waals surface area contributed by atoms with E-state index in [0.29, 0.717) is 18.0 Å². The number of hydrogen-bond acceptors (Lipinski definition) is 2. The molecule has 0 saturated carbocycles. The molecule has 0 saturated heterocycles. The van der Waals surface area contributed by atoms with Gasteiger partial charge in [-0.25, -0.2) is 0 Å². The van der Waals surface area contributed by atoms with Gasteiger partial charge in [0.2, 0.25) is 0 Å². The molecule has 2 aromatic rings. The summed E-state index contributed by atoms with van der Waals surface area (Å²) < 4.78 is 0. The molecule has 0 unspecified atom stereocenters. The van der Waals surface area contributed by atoms with Crippen LogP contribution in [0.2, 0.25) is 5.02 Å². The second-order valence-electron chi connectivity index (χ2n) is 6.02. The molecule has 0 aliphatic carbocycles. The van der Waals surface area contributed by atoms with Crippen molar-refractivity contribution in [3.8, 4) is 0 Å². The Morgan fingerprint density at radius 3 is 2.45 bits per heavy atom. The van der Waals surface area contributed by atoms with Gasteiger partial charge >= 0.3 is 5.97 Å². The van der Waals surface area contributed by atoms with Crippen molar-refractivity contribution in [3.05, 3.63) is 64.7 Å². The van der Waals surface area contributed by atoms with Crippen molar-refractivity contribution in [2.24, 2.45) is 5.41 Å². The molecule has 2 aromatic carbocycles. The van der Waals surface area contributed by atoms with Crippen LogP contribution in [0.5, 0.6) is 0 Å². The van der Waals surface area contributed by atoms with Crippen LogP contribution < -0.4 is 5.32 Å². The van der Waals surface area contributed by atoms with Crippen LogP contribution in [-0.2, 0) is 17.8 Å². The van der Waals surface area contributed by atoms with E-state index in [0.717, 1.165) is 16.8 Å². The normalized spacial score (nSPS) is 11.2. The number of rotatable bonds is 6. The van der Waals surface area contributed by atoms with Gasteiger partial charge in [0.1, 0.15) is 0 Å². The molecule has 0 bridgehead atoms. The maximum absolute atomic E-state index is 11.2. The molecule has 22 heavy (non-hydrogen) atoms. The number of carboxylic acid groups (broad SMARTS) is 1. The highest BCUT2D eigenvalue weighted by atomic mass is 35.5. The highest BCUT2D eigenvalue weighted by molar-refractivity contribution is 6.33. The summed E-state index contributed by atoms with van der Waals surface area (Å²) in [5, 5.41) is 13.2. The van der Waals surface area contributed by atoms with Crippen LogP contribution >= 0.6 is 11.6 Å². The van der Waals surface area contributed by atoms with Crippen molar-refractivity contribution >= 4 is 23.3 Å². The van der Waals surface area contributed by atoms with E-state index in [4.69, 9.17) is 11.6 Å². The van der Waals surface area contributed by atoms with E-state index in [9.17, 15) is 9.90 Å². The van der Waals surface area contributed by atoms with Crippen molar-refractivity contribution in [3.63, 3.8) is 0 Å². The molecule has 0 aromatic heterocycles. The molecule has 3 nitrogen and oxygen atoms in total. The van der Waals surface area contributed by atoms with Gasteiger partial charge in [0, 0.05) is 6.54 Å². The van der Waals surface area contributed by atoms with Crippen LogP contribution in [0.3, 0.4) is 0 Å². The van der Waals surface area contributed by atoms with Gasteiger partial charge < -0.3 is 10.4 Å². The van der Waals surface area contributed by atoms with Crippen molar-refractivity contribution in [1.82, 2.24) is 0 Å². The van der Waals surface area contributed by atoms with Crippen LogP contribution in [0.15, 0.2) is 48.5 Å². The first kappa shape index (κ1) is 16.4. The Labute approximate surface area is 135 Å². The fraction of sp³-hybridized carbons (Fsp3) is 0.278. The number of carbonyl (C=O) groups is 1. The average Bonchev–Trinajstić information content (AvgIpc) is 2.48. The van der Waals surface area contributed by atoms with Gasteiger partial charge in [0.05, 0.1) is 16.1 Å². The Morgan fingerprint density at radius 2 is 1.82 bits per heavy atom. The van der Waals surface area contributed by atoms with Crippen LogP contribution in [0.4, 0.5) is 5.69 Å². The second kappa shape index (κ2) is 6.84. The van der Waals surface area contributed by atoms with Crippen LogP contribution in [0.25, 0.3) is 0 Å². The summed E-state index contributed by atoms with van der Waals surface area (Å²) in [6.07, 6.45) is 0.458. The summed E-state index contributed by atoms with van der Waals surface area (Å²) in [6.45, 7) is 4.12. The minimum atomic E-state index is -0.804. The summed E-state index contributed by atoms with van der Waals surface area (Å²) in [7, 11) is 0. The third-order valence-corrected chi connectivity index (χ3v) is 3.91. The van der Waals surface area contributed by atoms with E-state index >= 15 is 0 Å². The number of hydrogen-bond donors (Lipinski definition) is 2. The SMILES string of the molecule is CC(C)(Cc1ccc(Cl)c(NCc2ccccc2)c1)C(=O)O. The van der Waals surface area contributed by atoms with Crippen LogP contribution in [-0.4, -0.2) is 11.1 Å². The van der Waals surface area contributed by atoms with Crippen molar-refractivity contribution in [2.45, 2.75) is 26.8 Å². The van der Waals surface area contributed by atoms with Gasteiger partial charge in [-0.05, 0) is 43.5 Å². The Bertz CT molecular complexity index is 653. The third kappa shape index (κ3) is 4.25. The number of nitrogens with one attached hydrogen (secondary N) is 1. The summed E-state index contributed by atoms with van der Waals surface area (Å²) in [5.74, 6) is -0.804. The molecule has 0 radical (unpaired) electrons. The molecule has 2 rings (SSSR count). The number of benzene rings is 2. The Morgan fingerprint density at radius 1 is 1.14 bits per heavy atom. The quantitative estimate of drug-likeness (QED) is 0.818. The standard InChI is InChI=1S/C18H20ClNO2/c1-18(2,17(21)22)11-14-8-9-15(19)16(10-14)20-12-13-6-4-3-5-7-13/h3-10,20H,11-12H2,1-2H3,(H,21,22). The zero-order chi connectivity index (χ0) is 16.2. The molecular formula is C18H20ClNO2. The molecule has 4 heteroatoms. The first-order valence-corrected chi connectivity index (χ1v) is 7.56. The van der Waals surface area contributed by atoms with Crippen molar-refractivity contribution < 1.29 is 9.90 Å². The fourth-order valence-corrected chi connectivity index (χ4v) is 2.38. The summed E-state index contributed by atoms with van der Waals surface area (Å²) in [6, 6.07) is 15.6. The van der Waals surface area contributed by atoms with Crippen LogP contribution in [0.1, 0.15) is 25.0 Å². The van der Waals surface area contributed by atoms with Gasteiger partial charge in [-0.3, -0.25) is 4.79 Å². The van der Waals surface area contributed by atoms with Gasteiger partial charge in [-0.1, -0.05) is 48.0 Å². The van der Waals surface area contributed by atoms with Gasteiger partial charge in [-0.2, -0.15) is 0 Å². The Kier molecular flexibility index (Phi) is 5.09. The molecule has 0 amide bonds. The first-order valence-electron chi connectivity index (χ1n) is 7.18. The molecule has 116 valence electrons. The lowest BCUT2D eigenvalue weighted by Gasteiger charge is -2.20. The number of anilines is 1. The van der Waals surface area contributed by atoms with Crippen LogP contribution in [0, 0.1) is 5.41 Å². The van der Waals surface area contributed by atoms with Gasteiger partial charge in [-0.15, -0.1) is 0 Å². The largest absolute Gasteiger partial charge is 0.481 e. The van der Waals surface area contributed by atoms with E-state index in [1.54, 1.807) is 13.8 Å². The van der Waals surface area contributed by atoms with E-state index in [-0.39, 0.29) is 0 Å². The third-order valence-electron chi connectivity index (χ3n) is 3.58. The van der Waals surface area contributed by atoms with E-state index in [1.165, 1.54) is 0 Å². The summed E-state index contributed by atoms with van der Waals surface area (Å²) in [4.78, 5) is 11.2. The molecule has 0 spiro atoms. The van der Waals surface area contributed by atoms with Crippen molar-refractivity contribution in [1.29, 1.82) is 0 Å². The molecular weight excluding hydrogens is 298 g/mol. The lowest BCUT2D eigenvalue weighted by atomic mass is 9.86. The minimum Gasteiger partial charge on any atom is -0.481 e. The Balaban J connectivity index is 2.12. The number of carboxylic acids is 1. The molecule has 0 heterocycles. The zero-order valence-electron chi connectivity index (χ0n) is 12.8. The van der Waals surface area contributed by atoms with Crippen molar-refractivity contribution in [2.75, 3.05) is 5.32 Å². The van der Waals surface area contributed by atoms with E-state index < -0.39 is 11.4 Å². The zero-order valence-corrected chi connectivity index (χ0v) is 13.5.